The molecule has 2 fully saturated rings. The molecule has 1 saturated carbocycles. The first-order valence-electron chi connectivity index (χ1n) is 8.55. The van der Waals surface area contributed by atoms with Crippen molar-refractivity contribution in [3.63, 3.8) is 0 Å². The molecule has 0 bridgehead atoms. The van der Waals surface area contributed by atoms with E-state index in [1.807, 2.05) is 0 Å². The molecule has 0 aromatic heterocycles. The number of nitro groups is 1. The number of carbonyl (C=O) groups excluding carboxylic acids is 2. The predicted octanol–water partition coefficient (Wildman–Crippen LogP) is 1.63. The molecule has 1 aromatic carbocycles. The Morgan fingerprint density at radius 1 is 1.32 bits per heavy atom. The van der Waals surface area contributed by atoms with Crippen LogP contribution >= 0.6 is 0 Å². The maximum absolute atomic E-state index is 12.3. The van der Waals surface area contributed by atoms with Gasteiger partial charge in [0, 0.05) is 24.2 Å². The van der Waals surface area contributed by atoms with Gasteiger partial charge in [0.25, 0.3) is 5.69 Å². The van der Waals surface area contributed by atoms with Crippen molar-refractivity contribution in [1.29, 1.82) is 0 Å². The summed E-state index contributed by atoms with van der Waals surface area (Å²) in [5.41, 5.74) is 1.04. The van der Waals surface area contributed by atoms with E-state index in [4.69, 9.17) is 0 Å². The number of nitrogens with one attached hydrogen (secondary N) is 3. The van der Waals surface area contributed by atoms with Gasteiger partial charge in [-0.05, 0) is 25.3 Å². The summed E-state index contributed by atoms with van der Waals surface area (Å²) in [4.78, 5) is 34.9. The zero-order valence-corrected chi connectivity index (χ0v) is 14.1. The molecule has 2 aliphatic rings. The second kappa shape index (κ2) is 7.18. The van der Waals surface area contributed by atoms with Gasteiger partial charge >= 0.3 is 0 Å². The second-order valence-corrected chi connectivity index (χ2v) is 6.73. The molecular weight excluding hydrogens is 324 g/mol. The molecule has 134 valence electrons. The average molecular weight is 346 g/mol. The Balaban J connectivity index is 1.63. The molecule has 2 amide bonds. The third-order valence-electron chi connectivity index (χ3n) is 4.92. The molecule has 1 aromatic rings. The molecule has 1 aliphatic carbocycles. The van der Waals surface area contributed by atoms with Crippen LogP contribution in [0.4, 0.5) is 11.4 Å². The summed E-state index contributed by atoms with van der Waals surface area (Å²) in [6, 6.07) is 4.11. The second-order valence-electron chi connectivity index (χ2n) is 6.73. The van der Waals surface area contributed by atoms with E-state index in [2.05, 4.69) is 16.0 Å². The van der Waals surface area contributed by atoms with E-state index in [0.29, 0.717) is 5.69 Å². The highest BCUT2D eigenvalue weighted by Gasteiger charge is 2.37. The van der Waals surface area contributed by atoms with Gasteiger partial charge in [0.05, 0.1) is 23.1 Å². The zero-order valence-electron chi connectivity index (χ0n) is 14.1. The van der Waals surface area contributed by atoms with Gasteiger partial charge in [-0.25, -0.2) is 0 Å². The number of hydrogen-bond donors (Lipinski definition) is 3. The SMILES string of the molecule is Cc1ccc([N+](=O)[O-])cc1NC(=O)C[C@@H]1N[C@@H]2CCCC[C@H]2NC1=O. The van der Waals surface area contributed by atoms with Crippen molar-refractivity contribution in [3.05, 3.63) is 33.9 Å². The molecule has 0 radical (unpaired) electrons. The fourth-order valence-electron chi connectivity index (χ4n) is 3.52. The van der Waals surface area contributed by atoms with Crippen molar-refractivity contribution in [3.8, 4) is 0 Å². The Labute approximate surface area is 145 Å². The number of hydrogen-bond acceptors (Lipinski definition) is 5. The van der Waals surface area contributed by atoms with Crippen molar-refractivity contribution >= 4 is 23.2 Å². The van der Waals surface area contributed by atoms with Crippen LogP contribution in [0.5, 0.6) is 0 Å². The zero-order chi connectivity index (χ0) is 18.0. The lowest BCUT2D eigenvalue weighted by atomic mass is 9.87. The summed E-state index contributed by atoms with van der Waals surface area (Å²) in [7, 11) is 0. The topological polar surface area (TPSA) is 113 Å². The quantitative estimate of drug-likeness (QED) is 0.566. The number of non-ortho nitro benzene ring substituents is 1. The van der Waals surface area contributed by atoms with E-state index in [1.54, 1.807) is 13.0 Å². The number of fused-ring (bicyclic) bond motifs is 1. The van der Waals surface area contributed by atoms with Gasteiger partial charge in [-0.3, -0.25) is 19.7 Å². The maximum atomic E-state index is 12.3. The maximum Gasteiger partial charge on any atom is 0.271 e. The number of rotatable bonds is 4. The molecule has 1 heterocycles. The average Bonchev–Trinajstić information content (AvgIpc) is 2.57. The molecule has 1 saturated heterocycles. The number of piperazine rings is 1. The molecular formula is C17H22N4O4. The Morgan fingerprint density at radius 2 is 2.04 bits per heavy atom. The van der Waals surface area contributed by atoms with Crippen LogP contribution in [-0.2, 0) is 9.59 Å². The summed E-state index contributed by atoms with van der Waals surface area (Å²) >= 11 is 0. The third kappa shape index (κ3) is 3.96. The van der Waals surface area contributed by atoms with Crippen LogP contribution in [0.3, 0.4) is 0 Å². The smallest absolute Gasteiger partial charge is 0.271 e. The Bertz CT molecular complexity index is 706. The van der Waals surface area contributed by atoms with E-state index in [0.717, 1.165) is 31.2 Å². The molecule has 3 N–H and O–H groups in total. The summed E-state index contributed by atoms with van der Waals surface area (Å²) in [6.07, 6.45) is 4.19. The first-order valence-corrected chi connectivity index (χ1v) is 8.55. The molecule has 8 heteroatoms. The van der Waals surface area contributed by atoms with Gasteiger partial charge in [-0.1, -0.05) is 18.9 Å². The van der Waals surface area contributed by atoms with Gasteiger partial charge in [-0.15, -0.1) is 0 Å². The van der Waals surface area contributed by atoms with Gasteiger partial charge in [0.15, 0.2) is 0 Å². The molecule has 3 rings (SSSR count). The summed E-state index contributed by atoms with van der Waals surface area (Å²) in [6.45, 7) is 1.76. The molecule has 0 unspecified atom stereocenters. The van der Waals surface area contributed by atoms with Crippen LogP contribution in [0.25, 0.3) is 0 Å². The molecule has 25 heavy (non-hydrogen) atoms. The van der Waals surface area contributed by atoms with Crippen LogP contribution in [0, 0.1) is 17.0 Å². The lowest BCUT2D eigenvalue weighted by Crippen LogP contribution is -2.65. The highest BCUT2D eigenvalue weighted by Crippen LogP contribution is 2.24. The van der Waals surface area contributed by atoms with Gasteiger partial charge in [-0.2, -0.15) is 0 Å². The van der Waals surface area contributed by atoms with Crippen molar-refractivity contribution < 1.29 is 14.5 Å². The number of carbonyl (C=O) groups is 2. The minimum Gasteiger partial charge on any atom is -0.350 e. The first kappa shape index (κ1) is 17.3. The van der Waals surface area contributed by atoms with E-state index < -0.39 is 11.0 Å². The molecule has 1 aliphatic heterocycles. The van der Waals surface area contributed by atoms with E-state index in [9.17, 15) is 19.7 Å². The summed E-state index contributed by atoms with van der Waals surface area (Å²) < 4.78 is 0. The predicted molar refractivity (Wildman–Crippen MR) is 92.2 cm³/mol. The highest BCUT2D eigenvalue weighted by atomic mass is 16.6. The number of benzene rings is 1. The van der Waals surface area contributed by atoms with Crippen molar-refractivity contribution in [2.75, 3.05) is 5.32 Å². The molecule has 3 atom stereocenters. The number of aryl methyl sites for hydroxylation is 1. The lowest BCUT2D eigenvalue weighted by molar-refractivity contribution is -0.384. The van der Waals surface area contributed by atoms with E-state index in [-0.39, 0.29) is 36.0 Å². The van der Waals surface area contributed by atoms with Crippen LogP contribution in [0.2, 0.25) is 0 Å². The Kier molecular flexibility index (Phi) is 4.98. The minimum absolute atomic E-state index is 0.00279. The van der Waals surface area contributed by atoms with Crippen LogP contribution in [-0.4, -0.2) is 34.9 Å². The van der Waals surface area contributed by atoms with Crippen molar-refractivity contribution in [1.82, 2.24) is 10.6 Å². The summed E-state index contributed by atoms with van der Waals surface area (Å²) in [5.74, 6) is -0.500. The first-order chi connectivity index (χ1) is 11.9. The third-order valence-corrected chi connectivity index (χ3v) is 4.92. The highest BCUT2D eigenvalue weighted by molar-refractivity contribution is 5.96. The van der Waals surface area contributed by atoms with Crippen LogP contribution < -0.4 is 16.0 Å². The standard InChI is InChI=1S/C17H22N4O4/c1-10-6-7-11(21(24)25)8-14(10)19-16(22)9-15-17(23)20-13-5-3-2-4-12(13)18-15/h6-8,12-13,15,18H,2-5,9H2,1H3,(H,19,22)(H,20,23)/t12-,13-,15+/m1/s1. The van der Waals surface area contributed by atoms with Gasteiger partial charge in [0.2, 0.25) is 11.8 Å². The van der Waals surface area contributed by atoms with Crippen molar-refractivity contribution in [2.45, 2.75) is 57.2 Å². The minimum atomic E-state index is -0.571. The monoisotopic (exact) mass is 346 g/mol. The van der Waals surface area contributed by atoms with Crippen molar-refractivity contribution in [2.24, 2.45) is 0 Å². The number of anilines is 1. The molecule has 0 spiro atoms. The largest absolute Gasteiger partial charge is 0.350 e. The number of amides is 2. The van der Waals surface area contributed by atoms with Gasteiger partial charge in [0.1, 0.15) is 0 Å². The summed E-state index contributed by atoms with van der Waals surface area (Å²) in [5, 5.41) is 19.8. The van der Waals surface area contributed by atoms with Crippen LogP contribution in [0.15, 0.2) is 18.2 Å². The lowest BCUT2D eigenvalue weighted by Gasteiger charge is -2.40. The fourth-order valence-corrected chi connectivity index (χ4v) is 3.52. The Hall–Kier alpha value is -2.48. The van der Waals surface area contributed by atoms with E-state index >= 15 is 0 Å². The van der Waals surface area contributed by atoms with Crippen LogP contribution in [0.1, 0.15) is 37.7 Å². The number of nitro benzene ring substituents is 1. The van der Waals surface area contributed by atoms with Gasteiger partial charge < -0.3 is 16.0 Å². The molecule has 8 nitrogen and oxygen atoms in total. The Morgan fingerprint density at radius 3 is 2.76 bits per heavy atom. The van der Waals surface area contributed by atoms with E-state index in [1.165, 1.54) is 12.1 Å². The fraction of sp³-hybridized carbons (Fsp3) is 0.529. The number of nitrogens with zero attached hydrogens (tertiary/aromatic N) is 1. The normalized spacial score (nSPS) is 25.6.